The zero-order valence-electron chi connectivity index (χ0n) is 14.0. The maximum atomic E-state index is 12.3. The van der Waals surface area contributed by atoms with Crippen molar-refractivity contribution in [1.82, 2.24) is 9.62 Å². The lowest BCUT2D eigenvalue weighted by molar-refractivity contribution is -0.136. The van der Waals surface area contributed by atoms with E-state index < -0.39 is 10.0 Å². The standard InChI is InChI=1S/C16H24N2O5S/c1-22-12-16(19)18-9-3-4-13(11-18)10-17-24(20,21)15-7-5-14(23-2)6-8-15/h5-8,13,17H,3-4,9-12H2,1-2H3. The summed E-state index contributed by atoms with van der Waals surface area (Å²) in [6, 6.07) is 6.24. The van der Waals surface area contributed by atoms with Gasteiger partial charge in [-0.15, -0.1) is 0 Å². The molecule has 134 valence electrons. The summed E-state index contributed by atoms with van der Waals surface area (Å²) < 4.78 is 37.2. The summed E-state index contributed by atoms with van der Waals surface area (Å²) >= 11 is 0. The highest BCUT2D eigenvalue weighted by Gasteiger charge is 2.25. The van der Waals surface area contributed by atoms with Gasteiger partial charge in [-0.05, 0) is 43.0 Å². The molecule has 1 saturated heterocycles. The van der Waals surface area contributed by atoms with Crippen LogP contribution in [0.5, 0.6) is 5.75 Å². The summed E-state index contributed by atoms with van der Waals surface area (Å²) in [5.41, 5.74) is 0. The van der Waals surface area contributed by atoms with E-state index in [-0.39, 0.29) is 23.3 Å². The fourth-order valence-corrected chi connectivity index (χ4v) is 3.85. The first-order valence-electron chi connectivity index (χ1n) is 7.86. The molecule has 0 saturated carbocycles. The van der Waals surface area contributed by atoms with Crippen LogP contribution < -0.4 is 9.46 Å². The monoisotopic (exact) mass is 356 g/mol. The Hall–Kier alpha value is -1.64. The first-order chi connectivity index (χ1) is 11.5. The van der Waals surface area contributed by atoms with E-state index in [1.165, 1.54) is 26.4 Å². The Morgan fingerprint density at radius 3 is 2.62 bits per heavy atom. The molecule has 0 aromatic heterocycles. The van der Waals surface area contributed by atoms with Crippen molar-refractivity contribution >= 4 is 15.9 Å². The minimum absolute atomic E-state index is 0.0554. The molecule has 1 heterocycles. The van der Waals surface area contributed by atoms with Crippen molar-refractivity contribution in [3.05, 3.63) is 24.3 Å². The van der Waals surface area contributed by atoms with Gasteiger partial charge in [0, 0.05) is 26.7 Å². The Labute approximate surface area is 143 Å². The Bertz CT molecular complexity index is 645. The average molecular weight is 356 g/mol. The summed E-state index contributed by atoms with van der Waals surface area (Å²) in [5.74, 6) is 0.654. The molecule has 1 aliphatic heterocycles. The van der Waals surface area contributed by atoms with Gasteiger partial charge in [0.05, 0.1) is 12.0 Å². The number of sulfonamides is 1. The number of likely N-dealkylation sites (tertiary alicyclic amines) is 1. The molecule has 1 amide bonds. The van der Waals surface area contributed by atoms with Gasteiger partial charge < -0.3 is 14.4 Å². The molecule has 0 bridgehead atoms. The van der Waals surface area contributed by atoms with Gasteiger partial charge in [-0.1, -0.05) is 0 Å². The number of nitrogens with zero attached hydrogens (tertiary/aromatic N) is 1. The van der Waals surface area contributed by atoms with Gasteiger partial charge in [-0.25, -0.2) is 13.1 Å². The van der Waals surface area contributed by atoms with Crippen LogP contribution in [0.1, 0.15) is 12.8 Å². The van der Waals surface area contributed by atoms with Gasteiger partial charge in [0.25, 0.3) is 0 Å². The molecule has 2 rings (SSSR count). The summed E-state index contributed by atoms with van der Waals surface area (Å²) in [6.45, 7) is 1.62. The Morgan fingerprint density at radius 2 is 2.00 bits per heavy atom. The van der Waals surface area contributed by atoms with E-state index in [2.05, 4.69) is 4.72 Å². The maximum Gasteiger partial charge on any atom is 0.248 e. The number of hydrogen-bond acceptors (Lipinski definition) is 5. The van der Waals surface area contributed by atoms with Gasteiger partial charge >= 0.3 is 0 Å². The minimum atomic E-state index is -3.57. The quantitative estimate of drug-likeness (QED) is 0.783. The second-order valence-corrected chi connectivity index (χ2v) is 7.58. The Balaban J connectivity index is 1.92. The number of methoxy groups -OCH3 is 2. The number of benzene rings is 1. The van der Waals surface area contributed by atoms with E-state index >= 15 is 0 Å². The van der Waals surface area contributed by atoms with Crippen LogP contribution in [0.2, 0.25) is 0 Å². The van der Waals surface area contributed by atoms with Crippen LogP contribution in [0.15, 0.2) is 29.2 Å². The summed E-state index contributed by atoms with van der Waals surface area (Å²) in [7, 11) is -0.549. The predicted molar refractivity (Wildman–Crippen MR) is 89.4 cm³/mol. The van der Waals surface area contributed by atoms with Gasteiger partial charge in [0.15, 0.2) is 0 Å². The topological polar surface area (TPSA) is 84.9 Å². The molecular formula is C16H24N2O5S. The third-order valence-corrected chi connectivity index (χ3v) is 5.51. The van der Waals surface area contributed by atoms with Gasteiger partial charge in [0.1, 0.15) is 12.4 Å². The summed E-state index contributed by atoms with van der Waals surface area (Å²) in [4.78, 5) is 13.8. The number of piperidine rings is 1. The first kappa shape index (κ1) is 18.7. The Kier molecular flexibility index (Phi) is 6.59. The van der Waals surface area contributed by atoms with Crippen LogP contribution in [0.4, 0.5) is 0 Å². The fourth-order valence-electron chi connectivity index (χ4n) is 2.74. The highest BCUT2D eigenvalue weighted by Crippen LogP contribution is 2.18. The van der Waals surface area contributed by atoms with E-state index in [0.29, 0.717) is 25.4 Å². The summed E-state index contributed by atoms with van der Waals surface area (Å²) in [6.07, 6.45) is 1.76. The highest BCUT2D eigenvalue weighted by atomic mass is 32.2. The highest BCUT2D eigenvalue weighted by molar-refractivity contribution is 7.89. The summed E-state index contributed by atoms with van der Waals surface area (Å²) in [5, 5.41) is 0. The van der Waals surface area contributed by atoms with Crippen molar-refractivity contribution in [1.29, 1.82) is 0 Å². The van der Waals surface area contributed by atoms with Crippen LogP contribution in [0, 0.1) is 5.92 Å². The second kappa shape index (κ2) is 8.46. The smallest absolute Gasteiger partial charge is 0.248 e. The molecule has 1 atom stereocenters. The van der Waals surface area contributed by atoms with Crippen molar-refractivity contribution in [2.24, 2.45) is 5.92 Å². The zero-order chi connectivity index (χ0) is 17.6. The number of carbonyl (C=O) groups excluding carboxylic acids is 1. The number of carbonyl (C=O) groups is 1. The van der Waals surface area contributed by atoms with Gasteiger partial charge in [0.2, 0.25) is 15.9 Å². The number of ether oxygens (including phenoxy) is 2. The SMILES string of the molecule is COCC(=O)N1CCCC(CNS(=O)(=O)c2ccc(OC)cc2)C1. The van der Waals surface area contributed by atoms with Crippen molar-refractivity contribution in [2.45, 2.75) is 17.7 Å². The number of rotatable bonds is 7. The lowest BCUT2D eigenvalue weighted by Gasteiger charge is -2.32. The largest absolute Gasteiger partial charge is 0.497 e. The Morgan fingerprint density at radius 1 is 1.29 bits per heavy atom. The second-order valence-electron chi connectivity index (χ2n) is 5.81. The van der Waals surface area contributed by atoms with Crippen LogP contribution in [-0.4, -0.2) is 59.7 Å². The zero-order valence-corrected chi connectivity index (χ0v) is 14.8. The molecule has 1 fully saturated rings. The van der Waals surface area contributed by atoms with Crippen molar-refractivity contribution in [3.63, 3.8) is 0 Å². The maximum absolute atomic E-state index is 12.3. The molecule has 1 aromatic rings. The van der Waals surface area contributed by atoms with Crippen LogP contribution in [-0.2, 0) is 19.6 Å². The molecule has 24 heavy (non-hydrogen) atoms. The molecule has 1 unspecified atom stereocenters. The third kappa shape index (κ3) is 4.93. The van der Waals surface area contributed by atoms with Gasteiger partial charge in [-0.2, -0.15) is 0 Å². The molecule has 1 aliphatic rings. The lowest BCUT2D eigenvalue weighted by atomic mass is 9.98. The molecule has 8 heteroatoms. The molecule has 0 aliphatic carbocycles. The molecule has 0 spiro atoms. The molecule has 7 nitrogen and oxygen atoms in total. The van der Waals surface area contributed by atoms with Crippen LogP contribution in [0.3, 0.4) is 0 Å². The van der Waals surface area contributed by atoms with E-state index in [4.69, 9.17) is 9.47 Å². The predicted octanol–water partition coefficient (Wildman–Crippen LogP) is 0.859. The average Bonchev–Trinajstić information content (AvgIpc) is 2.60. The normalized spacial score (nSPS) is 18.4. The van der Waals surface area contributed by atoms with Crippen molar-refractivity contribution < 1.29 is 22.7 Å². The number of hydrogen-bond donors (Lipinski definition) is 1. The molecule has 0 radical (unpaired) electrons. The number of nitrogens with one attached hydrogen (secondary N) is 1. The van der Waals surface area contributed by atoms with Crippen LogP contribution >= 0.6 is 0 Å². The fraction of sp³-hybridized carbons (Fsp3) is 0.562. The lowest BCUT2D eigenvalue weighted by Crippen LogP contribution is -2.44. The van der Waals surface area contributed by atoms with Crippen molar-refractivity contribution in [2.75, 3.05) is 40.5 Å². The van der Waals surface area contributed by atoms with E-state index in [0.717, 1.165) is 12.8 Å². The number of amides is 1. The molecule has 1 aromatic carbocycles. The third-order valence-electron chi connectivity index (χ3n) is 4.07. The van der Waals surface area contributed by atoms with E-state index in [9.17, 15) is 13.2 Å². The molecular weight excluding hydrogens is 332 g/mol. The van der Waals surface area contributed by atoms with Gasteiger partial charge in [-0.3, -0.25) is 4.79 Å². The molecule has 1 N–H and O–H groups in total. The van der Waals surface area contributed by atoms with Crippen LogP contribution in [0.25, 0.3) is 0 Å². The minimum Gasteiger partial charge on any atom is -0.497 e. The first-order valence-corrected chi connectivity index (χ1v) is 9.35. The van der Waals surface area contributed by atoms with E-state index in [1.54, 1.807) is 17.0 Å². The van der Waals surface area contributed by atoms with E-state index in [1.807, 2.05) is 0 Å². The van der Waals surface area contributed by atoms with Crippen molar-refractivity contribution in [3.8, 4) is 5.75 Å².